The number of nitrogens with one attached hydrogen (secondary N) is 2. The SMILES string of the molecule is CO[C@H]1[C@H](C2(C)O[C@@H]2CC=C(C)C)[C@]2(CC[C@H]1OC(=O)NC(=O)CSCCNC(=O)[C@@H]1CCCN1C(=O)CCCC(C)=O)CO2. The number of alkyl carbamates (subject to hydrolysis) is 1. The summed E-state index contributed by atoms with van der Waals surface area (Å²) in [6.45, 7) is 9.17. The van der Waals surface area contributed by atoms with Gasteiger partial charge in [0.1, 0.15) is 35.2 Å². The maximum absolute atomic E-state index is 12.7. The van der Waals surface area contributed by atoms with E-state index in [4.69, 9.17) is 18.9 Å². The standard InChI is InChI=1S/C32H49N3O9S/c1-20(2)11-12-24-31(4,44-24)28-27(41-5)23(13-14-32(28)19-42-32)43-30(40)34-25(37)18-45-17-15-33-29(39)22-9-7-16-35(22)26(38)10-6-8-21(3)36/h11,22-24,27-28H,6-10,12-19H2,1-5H3,(H,33,39)(H,34,37,40)/t22-,23+,24+,27+,28+,31?,32-/m0/s1. The number of allylic oxidation sites excluding steroid dienone is 1. The molecule has 0 aromatic heterocycles. The summed E-state index contributed by atoms with van der Waals surface area (Å²) < 4.78 is 23.7. The molecule has 12 nitrogen and oxygen atoms in total. The zero-order chi connectivity index (χ0) is 32.8. The minimum Gasteiger partial charge on any atom is -0.443 e. The number of hydrogen-bond acceptors (Lipinski definition) is 10. The number of hydrogen-bond donors (Lipinski definition) is 2. The lowest BCUT2D eigenvalue weighted by atomic mass is 9.68. The van der Waals surface area contributed by atoms with Crippen molar-refractivity contribution >= 4 is 41.4 Å². The van der Waals surface area contributed by atoms with E-state index >= 15 is 0 Å². The second-order valence-corrected chi connectivity index (χ2v) is 14.1. The van der Waals surface area contributed by atoms with E-state index in [2.05, 4.69) is 37.5 Å². The molecule has 1 spiro atoms. The minimum absolute atomic E-state index is 0.0189. The molecule has 0 aromatic rings. The third-order valence-corrected chi connectivity index (χ3v) is 10.3. The van der Waals surface area contributed by atoms with Crippen molar-refractivity contribution in [3.05, 3.63) is 11.6 Å². The summed E-state index contributed by atoms with van der Waals surface area (Å²) in [4.78, 5) is 63.1. The number of Topliss-reactive ketones (excluding diaryl/α,β-unsaturated/α-hetero) is 1. The van der Waals surface area contributed by atoms with Gasteiger partial charge in [0.25, 0.3) is 0 Å². The van der Waals surface area contributed by atoms with Crippen LogP contribution in [0.2, 0.25) is 0 Å². The van der Waals surface area contributed by atoms with Crippen molar-refractivity contribution in [2.24, 2.45) is 5.92 Å². The van der Waals surface area contributed by atoms with Crippen LogP contribution in [0.25, 0.3) is 0 Å². The van der Waals surface area contributed by atoms with Gasteiger partial charge in [0.2, 0.25) is 17.7 Å². The van der Waals surface area contributed by atoms with Crippen LogP contribution in [0, 0.1) is 5.92 Å². The molecule has 7 atom stereocenters. The first-order valence-corrected chi connectivity index (χ1v) is 17.2. The van der Waals surface area contributed by atoms with Crippen molar-refractivity contribution in [1.29, 1.82) is 0 Å². The zero-order valence-electron chi connectivity index (χ0n) is 27.2. The highest BCUT2D eigenvalue weighted by atomic mass is 32.2. The number of ether oxygens (including phenoxy) is 4. The predicted molar refractivity (Wildman–Crippen MR) is 168 cm³/mol. The number of carbonyl (C=O) groups excluding carboxylic acids is 5. The van der Waals surface area contributed by atoms with Gasteiger partial charge in [0, 0.05) is 38.8 Å². The highest BCUT2D eigenvalue weighted by Crippen LogP contribution is 2.59. The molecule has 4 fully saturated rings. The van der Waals surface area contributed by atoms with Gasteiger partial charge in [-0.05, 0) is 66.2 Å². The molecule has 4 amide bonds. The molecule has 2 N–H and O–H groups in total. The van der Waals surface area contributed by atoms with E-state index in [1.165, 1.54) is 24.3 Å². The molecule has 3 aliphatic heterocycles. The Hall–Kier alpha value is -2.48. The van der Waals surface area contributed by atoms with E-state index in [9.17, 15) is 24.0 Å². The average molecular weight is 652 g/mol. The van der Waals surface area contributed by atoms with Crippen molar-refractivity contribution in [3.63, 3.8) is 0 Å². The van der Waals surface area contributed by atoms with Crippen molar-refractivity contribution in [3.8, 4) is 0 Å². The number of epoxide rings is 2. The number of imide groups is 1. The molecular formula is C32H49N3O9S. The van der Waals surface area contributed by atoms with Crippen molar-refractivity contribution in [1.82, 2.24) is 15.5 Å². The first-order chi connectivity index (χ1) is 21.4. The molecule has 1 unspecified atom stereocenters. The van der Waals surface area contributed by atoms with E-state index in [1.54, 1.807) is 12.0 Å². The predicted octanol–water partition coefficient (Wildman–Crippen LogP) is 2.92. The van der Waals surface area contributed by atoms with E-state index in [0.29, 0.717) is 57.6 Å². The fourth-order valence-corrected chi connectivity index (χ4v) is 7.53. The summed E-state index contributed by atoms with van der Waals surface area (Å²) in [6, 6.07) is -0.508. The highest BCUT2D eigenvalue weighted by molar-refractivity contribution is 7.99. The molecule has 3 saturated heterocycles. The average Bonchev–Trinajstić information content (AvgIpc) is 3.82. The number of amides is 4. The number of rotatable bonds is 15. The molecule has 0 radical (unpaired) electrons. The van der Waals surface area contributed by atoms with Gasteiger partial charge in [0.05, 0.1) is 24.4 Å². The lowest BCUT2D eigenvalue weighted by molar-refractivity contribution is -0.138. The van der Waals surface area contributed by atoms with Gasteiger partial charge in [-0.15, -0.1) is 0 Å². The van der Waals surface area contributed by atoms with Gasteiger partial charge < -0.3 is 34.0 Å². The van der Waals surface area contributed by atoms with Gasteiger partial charge in [-0.3, -0.25) is 19.7 Å². The molecule has 13 heteroatoms. The van der Waals surface area contributed by atoms with Crippen LogP contribution >= 0.6 is 11.8 Å². The normalized spacial score (nSPS) is 31.7. The Bertz CT molecular complexity index is 1150. The summed E-state index contributed by atoms with van der Waals surface area (Å²) in [7, 11) is 1.60. The van der Waals surface area contributed by atoms with Crippen molar-refractivity contribution < 1.29 is 42.9 Å². The Morgan fingerprint density at radius 1 is 1.11 bits per heavy atom. The van der Waals surface area contributed by atoms with Gasteiger partial charge in [0.15, 0.2) is 0 Å². The molecule has 252 valence electrons. The molecule has 4 rings (SSSR count). The number of methoxy groups -OCH3 is 1. The lowest BCUT2D eigenvalue weighted by Gasteiger charge is -2.42. The van der Waals surface area contributed by atoms with Crippen molar-refractivity contribution in [2.45, 2.75) is 115 Å². The summed E-state index contributed by atoms with van der Waals surface area (Å²) in [5.74, 6) is -0.401. The Morgan fingerprint density at radius 3 is 2.53 bits per heavy atom. The lowest BCUT2D eigenvalue weighted by Crippen LogP contribution is -2.56. The summed E-state index contributed by atoms with van der Waals surface area (Å²) in [5, 5.41) is 5.15. The third-order valence-electron chi connectivity index (χ3n) is 9.31. The van der Waals surface area contributed by atoms with E-state index in [-0.39, 0.29) is 47.4 Å². The molecule has 4 aliphatic rings. The Kier molecular flexibility index (Phi) is 12.1. The fourth-order valence-electron chi connectivity index (χ4n) is 6.89. The zero-order valence-corrected chi connectivity index (χ0v) is 28.0. The van der Waals surface area contributed by atoms with Gasteiger partial charge in [-0.1, -0.05) is 11.6 Å². The Morgan fingerprint density at radius 2 is 1.87 bits per heavy atom. The molecule has 0 bridgehead atoms. The van der Waals surface area contributed by atoms with Gasteiger partial charge in [-0.2, -0.15) is 11.8 Å². The van der Waals surface area contributed by atoms with Crippen molar-refractivity contribution in [2.75, 3.05) is 38.3 Å². The third kappa shape index (κ3) is 9.08. The maximum Gasteiger partial charge on any atom is 0.414 e. The second kappa shape index (κ2) is 15.4. The van der Waals surface area contributed by atoms with E-state index in [1.807, 2.05) is 0 Å². The first kappa shape index (κ1) is 35.4. The van der Waals surface area contributed by atoms with Crippen LogP contribution in [0.4, 0.5) is 4.79 Å². The quantitative estimate of drug-likeness (QED) is 0.153. The monoisotopic (exact) mass is 651 g/mol. The van der Waals surface area contributed by atoms with Gasteiger partial charge in [-0.25, -0.2) is 4.79 Å². The fraction of sp³-hybridized carbons (Fsp3) is 0.781. The number of carbonyl (C=O) groups is 5. The Labute approximate surface area is 270 Å². The molecule has 1 aliphatic carbocycles. The van der Waals surface area contributed by atoms with Crippen LogP contribution in [-0.4, -0.2) is 108 Å². The number of likely N-dealkylation sites (tertiary alicyclic amines) is 1. The van der Waals surface area contributed by atoms with Gasteiger partial charge >= 0.3 is 6.09 Å². The van der Waals surface area contributed by atoms with Crippen LogP contribution in [0.15, 0.2) is 11.6 Å². The summed E-state index contributed by atoms with van der Waals surface area (Å²) >= 11 is 1.28. The molecule has 1 saturated carbocycles. The van der Waals surface area contributed by atoms with Crippen LogP contribution in [0.3, 0.4) is 0 Å². The second-order valence-electron chi connectivity index (χ2n) is 13.0. The topological polar surface area (TPSA) is 156 Å². The smallest absolute Gasteiger partial charge is 0.414 e. The molecular weight excluding hydrogens is 602 g/mol. The summed E-state index contributed by atoms with van der Waals surface area (Å²) in [6.07, 6.45) is 4.92. The van der Waals surface area contributed by atoms with E-state index < -0.39 is 35.9 Å². The molecule has 45 heavy (non-hydrogen) atoms. The largest absolute Gasteiger partial charge is 0.443 e. The summed E-state index contributed by atoms with van der Waals surface area (Å²) in [5.41, 5.74) is 0.436. The van der Waals surface area contributed by atoms with Crippen LogP contribution < -0.4 is 10.6 Å². The number of ketones is 1. The van der Waals surface area contributed by atoms with Crippen LogP contribution in [-0.2, 0) is 38.1 Å². The van der Waals surface area contributed by atoms with Crippen LogP contribution in [0.1, 0.15) is 79.1 Å². The molecule has 0 aromatic carbocycles. The van der Waals surface area contributed by atoms with Crippen LogP contribution in [0.5, 0.6) is 0 Å². The number of nitrogens with zero attached hydrogens (tertiary/aromatic N) is 1. The minimum atomic E-state index is -0.815. The number of thioether (sulfide) groups is 1. The first-order valence-electron chi connectivity index (χ1n) is 16.0. The molecule has 3 heterocycles. The highest BCUT2D eigenvalue weighted by Gasteiger charge is 2.72. The Balaban J connectivity index is 1.16. The maximum atomic E-state index is 12.7. The van der Waals surface area contributed by atoms with E-state index in [0.717, 1.165) is 12.8 Å².